The van der Waals surface area contributed by atoms with Crippen LogP contribution in [-0.2, 0) is 16.1 Å². The molecule has 0 bridgehead atoms. The molecule has 1 heterocycles. The summed E-state index contributed by atoms with van der Waals surface area (Å²) < 4.78 is 16.5. The number of esters is 1. The van der Waals surface area contributed by atoms with Gasteiger partial charge in [-0.15, -0.1) is 0 Å². The summed E-state index contributed by atoms with van der Waals surface area (Å²) in [6.07, 6.45) is 0. The zero-order valence-corrected chi connectivity index (χ0v) is 14.1. The number of aromatic nitrogens is 1. The fourth-order valence-electron chi connectivity index (χ4n) is 2.47. The monoisotopic (exact) mass is 355 g/mol. The second-order valence-electron chi connectivity index (χ2n) is 5.46. The van der Waals surface area contributed by atoms with Gasteiger partial charge in [-0.1, -0.05) is 12.1 Å². The van der Waals surface area contributed by atoms with Crippen molar-refractivity contribution < 1.29 is 23.5 Å². The number of rotatable bonds is 7. The summed E-state index contributed by atoms with van der Waals surface area (Å²) in [5, 5.41) is 0. The van der Waals surface area contributed by atoms with Gasteiger partial charge >= 0.3 is 11.7 Å². The van der Waals surface area contributed by atoms with E-state index in [1.807, 2.05) is 6.92 Å². The lowest BCUT2D eigenvalue weighted by atomic mass is 10.1. The molecule has 0 atom stereocenters. The molecule has 0 saturated carbocycles. The predicted molar refractivity (Wildman–Crippen MR) is 93.4 cm³/mol. The number of Topliss-reactive ketones (excluding diaryl/α,β-unsaturated/α-hetero) is 1. The Hall–Kier alpha value is -3.35. The molecule has 0 unspecified atom stereocenters. The van der Waals surface area contributed by atoms with E-state index in [-0.39, 0.29) is 12.3 Å². The first kappa shape index (κ1) is 17.5. The minimum Gasteiger partial charge on any atom is -0.494 e. The Labute approximate surface area is 148 Å². The van der Waals surface area contributed by atoms with Crippen LogP contribution >= 0.6 is 0 Å². The Bertz CT molecular complexity index is 983. The van der Waals surface area contributed by atoms with Crippen LogP contribution in [0.5, 0.6) is 5.75 Å². The van der Waals surface area contributed by atoms with Crippen molar-refractivity contribution in [2.24, 2.45) is 0 Å². The second kappa shape index (κ2) is 7.69. The first-order valence-corrected chi connectivity index (χ1v) is 8.08. The number of hydrogen-bond acceptors (Lipinski definition) is 6. The highest BCUT2D eigenvalue weighted by atomic mass is 16.5. The van der Waals surface area contributed by atoms with E-state index >= 15 is 0 Å². The van der Waals surface area contributed by atoms with Crippen molar-refractivity contribution >= 4 is 22.9 Å². The van der Waals surface area contributed by atoms with Crippen LogP contribution in [0.25, 0.3) is 11.1 Å². The third kappa shape index (κ3) is 3.83. The van der Waals surface area contributed by atoms with Gasteiger partial charge in [0, 0.05) is 5.56 Å². The van der Waals surface area contributed by atoms with Gasteiger partial charge in [0.05, 0.1) is 12.1 Å². The number of oxazole rings is 1. The number of nitrogens with zero attached hydrogens (tertiary/aromatic N) is 1. The Morgan fingerprint density at radius 2 is 1.81 bits per heavy atom. The van der Waals surface area contributed by atoms with Gasteiger partial charge in [-0.25, -0.2) is 4.79 Å². The van der Waals surface area contributed by atoms with E-state index in [1.165, 1.54) is 4.57 Å². The Balaban J connectivity index is 1.60. The van der Waals surface area contributed by atoms with E-state index in [9.17, 15) is 14.4 Å². The van der Waals surface area contributed by atoms with Gasteiger partial charge < -0.3 is 13.9 Å². The summed E-state index contributed by atoms with van der Waals surface area (Å²) in [7, 11) is 0. The smallest absolute Gasteiger partial charge is 0.420 e. The maximum Gasteiger partial charge on any atom is 0.420 e. The summed E-state index contributed by atoms with van der Waals surface area (Å²) in [6, 6.07) is 13.3. The molecule has 0 fully saturated rings. The van der Waals surface area contributed by atoms with E-state index in [0.29, 0.717) is 29.0 Å². The van der Waals surface area contributed by atoms with Crippen LogP contribution in [0.2, 0.25) is 0 Å². The minimum atomic E-state index is -0.696. The number of ketones is 1. The van der Waals surface area contributed by atoms with Gasteiger partial charge in [-0.2, -0.15) is 0 Å². The highest BCUT2D eigenvalue weighted by molar-refractivity contribution is 5.98. The summed E-state index contributed by atoms with van der Waals surface area (Å²) in [5.74, 6) is -1.03. The fourth-order valence-corrected chi connectivity index (χ4v) is 2.47. The molecule has 0 amide bonds. The van der Waals surface area contributed by atoms with Crippen LogP contribution in [0, 0.1) is 0 Å². The molecule has 7 heteroatoms. The number of para-hydroxylation sites is 2. The standard InChI is InChI=1S/C19H17NO6/c1-2-24-14-9-7-13(8-10-14)16(21)12-25-18(22)11-20-15-5-3-4-6-17(15)26-19(20)23/h3-10H,2,11-12H2,1H3. The maximum absolute atomic E-state index is 12.1. The number of ether oxygens (including phenoxy) is 2. The lowest BCUT2D eigenvalue weighted by molar-refractivity contribution is -0.143. The molecule has 1 aromatic heterocycles. The lowest BCUT2D eigenvalue weighted by Gasteiger charge is -2.06. The van der Waals surface area contributed by atoms with Crippen molar-refractivity contribution in [3.05, 3.63) is 64.6 Å². The number of fused-ring (bicyclic) bond motifs is 1. The van der Waals surface area contributed by atoms with Crippen molar-refractivity contribution in [2.75, 3.05) is 13.2 Å². The normalized spacial score (nSPS) is 10.7. The van der Waals surface area contributed by atoms with Gasteiger partial charge in [-0.3, -0.25) is 14.2 Å². The molecular weight excluding hydrogens is 338 g/mol. The summed E-state index contributed by atoms with van der Waals surface area (Å²) in [4.78, 5) is 35.9. The SMILES string of the molecule is CCOc1ccc(C(=O)COC(=O)Cn2c(=O)oc3ccccc32)cc1. The third-order valence-corrected chi connectivity index (χ3v) is 3.71. The molecule has 134 valence electrons. The number of hydrogen-bond donors (Lipinski definition) is 0. The molecule has 0 saturated heterocycles. The van der Waals surface area contributed by atoms with E-state index in [1.54, 1.807) is 48.5 Å². The Morgan fingerprint density at radius 3 is 2.54 bits per heavy atom. The van der Waals surface area contributed by atoms with Crippen molar-refractivity contribution in [1.82, 2.24) is 4.57 Å². The molecule has 0 spiro atoms. The van der Waals surface area contributed by atoms with E-state index in [4.69, 9.17) is 13.9 Å². The highest BCUT2D eigenvalue weighted by Gasteiger charge is 2.15. The number of carbonyl (C=O) groups excluding carboxylic acids is 2. The van der Waals surface area contributed by atoms with Crippen LogP contribution in [0.3, 0.4) is 0 Å². The average molecular weight is 355 g/mol. The summed E-state index contributed by atoms with van der Waals surface area (Å²) >= 11 is 0. The lowest BCUT2D eigenvalue weighted by Crippen LogP contribution is -2.23. The quantitative estimate of drug-likeness (QED) is 0.478. The van der Waals surface area contributed by atoms with Crippen molar-refractivity contribution in [1.29, 1.82) is 0 Å². The molecular formula is C19H17NO6. The van der Waals surface area contributed by atoms with E-state index < -0.39 is 18.3 Å². The second-order valence-corrected chi connectivity index (χ2v) is 5.46. The van der Waals surface area contributed by atoms with Crippen molar-refractivity contribution in [2.45, 2.75) is 13.5 Å². The molecule has 7 nitrogen and oxygen atoms in total. The van der Waals surface area contributed by atoms with Gasteiger partial charge in [0.2, 0.25) is 0 Å². The first-order chi connectivity index (χ1) is 12.6. The molecule has 2 aromatic carbocycles. The van der Waals surface area contributed by atoms with Crippen molar-refractivity contribution in [3.63, 3.8) is 0 Å². The molecule has 0 aliphatic heterocycles. The Kier molecular flexibility index (Phi) is 5.17. The highest BCUT2D eigenvalue weighted by Crippen LogP contribution is 2.13. The fraction of sp³-hybridized carbons (Fsp3) is 0.211. The zero-order chi connectivity index (χ0) is 18.5. The molecule has 0 N–H and O–H groups in total. The Morgan fingerprint density at radius 1 is 1.08 bits per heavy atom. The van der Waals surface area contributed by atoms with Crippen LogP contribution in [0.4, 0.5) is 0 Å². The third-order valence-electron chi connectivity index (χ3n) is 3.71. The molecule has 0 aliphatic rings. The van der Waals surface area contributed by atoms with E-state index in [0.717, 1.165) is 0 Å². The van der Waals surface area contributed by atoms with Crippen LogP contribution in [0.1, 0.15) is 17.3 Å². The summed E-state index contributed by atoms with van der Waals surface area (Å²) in [5.41, 5.74) is 1.29. The van der Waals surface area contributed by atoms with Gasteiger partial charge in [-0.05, 0) is 43.3 Å². The van der Waals surface area contributed by atoms with Gasteiger partial charge in [0.25, 0.3) is 0 Å². The minimum absolute atomic E-state index is 0.327. The predicted octanol–water partition coefficient (Wildman–Crippen LogP) is 2.42. The topological polar surface area (TPSA) is 87.7 Å². The zero-order valence-electron chi connectivity index (χ0n) is 14.1. The molecule has 3 rings (SSSR count). The van der Waals surface area contributed by atoms with Gasteiger partial charge in [0.15, 0.2) is 18.0 Å². The number of carbonyl (C=O) groups is 2. The van der Waals surface area contributed by atoms with Crippen LogP contribution in [-0.4, -0.2) is 29.5 Å². The van der Waals surface area contributed by atoms with Crippen LogP contribution in [0.15, 0.2) is 57.7 Å². The van der Waals surface area contributed by atoms with Crippen molar-refractivity contribution in [3.8, 4) is 5.75 Å². The molecule has 3 aromatic rings. The molecule has 0 aliphatic carbocycles. The summed E-state index contributed by atoms with van der Waals surface area (Å²) in [6.45, 7) is 1.67. The molecule has 26 heavy (non-hydrogen) atoms. The number of benzene rings is 2. The maximum atomic E-state index is 12.1. The van der Waals surface area contributed by atoms with Gasteiger partial charge in [0.1, 0.15) is 12.3 Å². The average Bonchev–Trinajstić information content (AvgIpc) is 2.96. The molecule has 0 radical (unpaired) electrons. The van der Waals surface area contributed by atoms with E-state index in [2.05, 4.69) is 0 Å². The first-order valence-electron chi connectivity index (χ1n) is 8.08. The largest absolute Gasteiger partial charge is 0.494 e. The van der Waals surface area contributed by atoms with Crippen LogP contribution < -0.4 is 10.5 Å².